The van der Waals surface area contributed by atoms with Crippen LogP contribution in [0.1, 0.15) is 29.9 Å². The van der Waals surface area contributed by atoms with Crippen LogP contribution < -0.4 is 5.32 Å². The second-order valence-electron chi connectivity index (χ2n) is 5.35. The molecule has 0 saturated heterocycles. The van der Waals surface area contributed by atoms with Crippen molar-refractivity contribution < 1.29 is 14.3 Å². The summed E-state index contributed by atoms with van der Waals surface area (Å²) in [5, 5.41) is 2.35. The molecule has 1 aliphatic rings. The molecular weight excluding hydrogens is 278 g/mol. The summed E-state index contributed by atoms with van der Waals surface area (Å²) in [7, 11) is 0. The van der Waals surface area contributed by atoms with E-state index in [1.165, 1.54) is 0 Å². The van der Waals surface area contributed by atoms with Crippen LogP contribution in [0.15, 0.2) is 60.7 Å². The largest absolute Gasteiger partial charge is 0.446 e. The Labute approximate surface area is 129 Å². The van der Waals surface area contributed by atoms with Gasteiger partial charge in [-0.25, -0.2) is 4.79 Å². The molecule has 1 N–H and O–H groups in total. The number of rotatable bonds is 4. The molecule has 1 fully saturated rings. The average Bonchev–Trinajstić information content (AvgIpc) is 3.33. The summed E-state index contributed by atoms with van der Waals surface area (Å²) in [5.41, 5.74) is 1.68. The zero-order valence-corrected chi connectivity index (χ0v) is 12.1. The molecule has 0 bridgehead atoms. The Morgan fingerprint density at radius 1 is 0.909 bits per heavy atom. The molecule has 2 aromatic rings. The van der Waals surface area contributed by atoms with Crippen LogP contribution in [0.2, 0.25) is 0 Å². The van der Waals surface area contributed by atoms with Gasteiger partial charge in [-0.1, -0.05) is 60.7 Å². The summed E-state index contributed by atoms with van der Waals surface area (Å²) in [6.07, 6.45) is 1.06. The van der Waals surface area contributed by atoms with Crippen LogP contribution in [-0.2, 0) is 9.53 Å². The highest BCUT2D eigenvalue weighted by molar-refractivity contribution is 5.97. The van der Waals surface area contributed by atoms with Gasteiger partial charge in [0.2, 0.25) is 5.91 Å². The normalized spacial score (nSPS) is 13.7. The zero-order valence-electron chi connectivity index (χ0n) is 12.1. The molecule has 22 heavy (non-hydrogen) atoms. The molecule has 2 amide bonds. The molecule has 2 aromatic carbocycles. The van der Waals surface area contributed by atoms with E-state index >= 15 is 0 Å². The summed E-state index contributed by atoms with van der Waals surface area (Å²) < 4.78 is 5.08. The summed E-state index contributed by atoms with van der Waals surface area (Å²) in [5.74, 6) is -0.905. The van der Waals surface area contributed by atoms with E-state index in [0.29, 0.717) is 0 Å². The van der Waals surface area contributed by atoms with Crippen LogP contribution in [0, 0.1) is 0 Å². The molecule has 4 heteroatoms. The standard InChI is InChI=1S/C18H17NO3/c20-17(19-18(21)22-15-11-12-15)16(13-7-3-1-4-8-13)14-9-5-2-6-10-14/h1-10,15-16H,11-12H2,(H,19,20,21). The van der Waals surface area contributed by atoms with Crippen molar-refractivity contribution >= 4 is 12.0 Å². The van der Waals surface area contributed by atoms with E-state index < -0.39 is 12.0 Å². The quantitative estimate of drug-likeness (QED) is 0.942. The minimum atomic E-state index is -0.663. The highest BCUT2D eigenvalue weighted by atomic mass is 16.6. The van der Waals surface area contributed by atoms with E-state index in [2.05, 4.69) is 5.32 Å². The average molecular weight is 295 g/mol. The fraction of sp³-hybridized carbons (Fsp3) is 0.222. The Balaban J connectivity index is 1.81. The first-order chi connectivity index (χ1) is 10.7. The lowest BCUT2D eigenvalue weighted by Crippen LogP contribution is -2.35. The van der Waals surface area contributed by atoms with Gasteiger partial charge in [0.15, 0.2) is 0 Å². The van der Waals surface area contributed by atoms with E-state index in [9.17, 15) is 9.59 Å². The van der Waals surface area contributed by atoms with E-state index in [1.807, 2.05) is 60.7 Å². The molecule has 3 rings (SSSR count). The van der Waals surface area contributed by atoms with Crippen molar-refractivity contribution in [1.29, 1.82) is 0 Å². The zero-order chi connectivity index (χ0) is 15.4. The lowest BCUT2D eigenvalue weighted by atomic mass is 9.90. The SMILES string of the molecule is O=C(NC(=O)C(c1ccccc1)c1ccccc1)OC1CC1. The monoisotopic (exact) mass is 295 g/mol. The molecule has 0 atom stereocenters. The molecule has 0 unspecified atom stereocenters. The van der Waals surface area contributed by atoms with E-state index in [4.69, 9.17) is 4.74 Å². The van der Waals surface area contributed by atoms with Crippen LogP contribution in [0.3, 0.4) is 0 Å². The first-order valence-corrected chi connectivity index (χ1v) is 7.35. The molecule has 4 nitrogen and oxygen atoms in total. The van der Waals surface area contributed by atoms with Gasteiger partial charge in [-0.2, -0.15) is 0 Å². The lowest BCUT2D eigenvalue weighted by molar-refractivity contribution is -0.121. The van der Waals surface area contributed by atoms with E-state index in [0.717, 1.165) is 24.0 Å². The summed E-state index contributed by atoms with van der Waals surface area (Å²) in [6.45, 7) is 0. The van der Waals surface area contributed by atoms with Crippen LogP contribution in [0.25, 0.3) is 0 Å². The van der Waals surface area contributed by atoms with Crippen molar-refractivity contribution in [1.82, 2.24) is 5.32 Å². The van der Waals surface area contributed by atoms with Gasteiger partial charge in [0, 0.05) is 0 Å². The molecule has 1 saturated carbocycles. The number of ether oxygens (including phenoxy) is 1. The van der Waals surface area contributed by atoms with Gasteiger partial charge >= 0.3 is 6.09 Å². The van der Waals surface area contributed by atoms with Gasteiger partial charge in [-0.15, -0.1) is 0 Å². The smallest absolute Gasteiger partial charge is 0.414 e. The Kier molecular flexibility index (Phi) is 4.19. The van der Waals surface area contributed by atoms with Crippen molar-refractivity contribution in [3.8, 4) is 0 Å². The first kappa shape index (κ1) is 14.3. The van der Waals surface area contributed by atoms with Gasteiger partial charge in [0.25, 0.3) is 0 Å². The van der Waals surface area contributed by atoms with Crippen molar-refractivity contribution in [3.05, 3.63) is 71.8 Å². The van der Waals surface area contributed by atoms with Gasteiger partial charge in [0.05, 0.1) is 5.92 Å². The van der Waals surface area contributed by atoms with Gasteiger partial charge in [-0.3, -0.25) is 10.1 Å². The molecule has 112 valence electrons. The molecule has 0 heterocycles. The fourth-order valence-corrected chi connectivity index (χ4v) is 2.33. The van der Waals surface area contributed by atoms with Gasteiger partial charge < -0.3 is 4.74 Å². The molecule has 0 aromatic heterocycles. The maximum Gasteiger partial charge on any atom is 0.414 e. The van der Waals surface area contributed by atoms with Crippen LogP contribution >= 0.6 is 0 Å². The number of nitrogens with one attached hydrogen (secondary N) is 1. The van der Waals surface area contributed by atoms with Crippen molar-refractivity contribution in [2.45, 2.75) is 24.9 Å². The molecular formula is C18H17NO3. The number of hydrogen-bond acceptors (Lipinski definition) is 3. The summed E-state index contributed by atoms with van der Waals surface area (Å²) in [4.78, 5) is 24.3. The number of carbonyl (C=O) groups is 2. The topological polar surface area (TPSA) is 55.4 Å². The molecule has 0 spiro atoms. The number of amides is 2. The molecule has 0 aliphatic heterocycles. The maximum atomic E-state index is 12.5. The molecule has 0 radical (unpaired) electrons. The highest BCUT2D eigenvalue weighted by Gasteiger charge is 2.29. The van der Waals surface area contributed by atoms with Crippen LogP contribution in [0.5, 0.6) is 0 Å². The number of benzene rings is 2. The Bertz CT molecular complexity index is 611. The number of carbonyl (C=O) groups excluding carboxylic acids is 2. The Morgan fingerprint density at radius 3 is 1.86 bits per heavy atom. The third-order valence-corrected chi connectivity index (χ3v) is 3.55. The second-order valence-corrected chi connectivity index (χ2v) is 5.35. The number of hydrogen-bond donors (Lipinski definition) is 1. The Hall–Kier alpha value is -2.62. The van der Waals surface area contributed by atoms with Crippen LogP contribution in [0.4, 0.5) is 4.79 Å². The molecule has 1 aliphatic carbocycles. The first-order valence-electron chi connectivity index (χ1n) is 7.35. The predicted octanol–water partition coefficient (Wildman–Crippen LogP) is 3.23. The van der Waals surface area contributed by atoms with Gasteiger partial charge in [0.1, 0.15) is 6.10 Å². The Morgan fingerprint density at radius 2 is 1.41 bits per heavy atom. The third-order valence-electron chi connectivity index (χ3n) is 3.55. The van der Waals surface area contributed by atoms with Gasteiger partial charge in [-0.05, 0) is 24.0 Å². The van der Waals surface area contributed by atoms with Crippen molar-refractivity contribution in [2.75, 3.05) is 0 Å². The fourth-order valence-electron chi connectivity index (χ4n) is 2.33. The van der Waals surface area contributed by atoms with E-state index in [1.54, 1.807) is 0 Å². The maximum absolute atomic E-state index is 12.5. The predicted molar refractivity (Wildman–Crippen MR) is 82.4 cm³/mol. The number of alkyl carbamates (subject to hydrolysis) is 1. The van der Waals surface area contributed by atoms with E-state index in [-0.39, 0.29) is 12.0 Å². The second kappa shape index (κ2) is 6.43. The lowest BCUT2D eigenvalue weighted by Gasteiger charge is -2.17. The van der Waals surface area contributed by atoms with Crippen molar-refractivity contribution in [3.63, 3.8) is 0 Å². The van der Waals surface area contributed by atoms with Crippen LogP contribution in [-0.4, -0.2) is 18.1 Å². The minimum absolute atomic E-state index is 0.0281. The summed E-state index contributed by atoms with van der Waals surface area (Å²) >= 11 is 0. The third kappa shape index (κ3) is 3.52. The summed E-state index contributed by atoms with van der Waals surface area (Å²) in [6, 6.07) is 18.8. The minimum Gasteiger partial charge on any atom is -0.446 e. The highest BCUT2D eigenvalue weighted by Crippen LogP contribution is 2.26. The number of imide groups is 1. The van der Waals surface area contributed by atoms with Crippen molar-refractivity contribution in [2.24, 2.45) is 0 Å².